The summed E-state index contributed by atoms with van der Waals surface area (Å²) >= 11 is 0. The second-order valence-corrected chi connectivity index (χ2v) is 6.63. The van der Waals surface area contributed by atoms with Gasteiger partial charge in [-0.05, 0) is 36.5 Å². The molecule has 0 bridgehead atoms. The van der Waals surface area contributed by atoms with Crippen LogP contribution in [0.15, 0.2) is 0 Å². The molecule has 2 rings (SSSR count). The second kappa shape index (κ2) is 5.46. The van der Waals surface area contributed by atoms with Crippen LogP contribution < -0.4 is 0 Å². The topological polar surface area (TPSA) is 49.7 Å². The molecule has 0 radical (unpaired) electrons. The number of hydrogen-bond donors (Lipinski definition) is 2. The summed E-state index contributed by atoms with van der Waals surface area (Å²) in [7, 11) is 0. The number of hydrogen-bond acceptors (Lipinski definition) is 3. The molecule has 2 fully saturated rings. The van der Waals surface area contributed by atoms with Crippen molar-refractivity contribution in [3.05, 3.63) is 0 Å². The van der Waals surface area contributed by atoms with Crippen LogP contribution >= 0.6 is 0 Å². The molecule has 2 aliphatic rings. The lowest BCUT2D eigenvalue weighted by Crippen LogP contribution is -2.59. The van der Waals surface area contributed by atoms with E-state index in [1.807, 2.05) is 6.92 Å². The van der Waals surface area contributed by atoms with Gasteiger partial charge in [0.2, 0.25) is 0 Å². The zero-order valence-electron chi connectivity index (χ0n) is 12.0. The molecule has 7 unspecified atom stereocenters. The Morgan fingerprint density at radius 1 is 1.10 bits per heavy atom. The van der Waals surface area contributed by atoms with Crippen LogP contribution in [0.25, 0.3) is 0 Å². The summed E-state index contributed by atoms with van der Waals surface area (Å²) in [5.74, 6) is -1.29. The first-order chi connectivity index (χ1) is 9.12. The molecule has 0 aromatic carbocycles. The van der Waals surface area contributed by atoms with Gasteiger partial charge in [0, 0.05) is 5.92 Å². The Morgan fingerprint density at radius 2 is 1.70 bits per heavy atom. The smallest absolute Gasteiger partial charge is 0.368 e. The number of fused-ring (bicyclic) bond motifs is 1. The molecule has 0 aromatic rings. The lowest BCUT2D eigenvalue weighted by Gasteiger charge is -2.52. The quantitative estimate of drug-likeness (QED) is 0.731. The van der Waals surface area contributed by atoms with E-state index in [0.717, 1.165) is 12.8 Å². The standard InChI is InChI=1S/C14H23F3O3/c1-6-4-7(2)11-9(5-6)8(3)10(13(18)19)12(20-11)14(15,16)17/h6-13,18-19H,4-5H2,1-3H3. The fraction of sp³-hybridized carbons (Fsp3) is 1.00. The molecule has 0 aromatic heterocycles. The van der Waals surface area contributed by atoms with Crippen LogP contribution in [-0.2, 0) is 4.74 Å². The van der Waals surface area contributed by atoms with Crippen LogP contribution in [0.4, 0.5) is 13.2 Å². The van der Waals surface area contributed by atoms with Gasteiger partial charge in [0.15, 0.2) is 12.4 Å². The van der Waals surface area contributed by atoms with Crippen molar-refractivity contribution in [2.24, 2.45) is 29.6 Å². The maximum atomic E-state index is 13.1. The number of aliphatic hydroxyl groups is 2. The fourth-order valence-corrected chi connectivity index (χ4v) is 4.18. The average molecular weight is 296 g/mol. The van der Waals surface area contributed by atoms with E-state index >= 15 is 0 Å². The maximum absolute atomic E-state index is 13.1. The molecule has 1 saturated heterocycles. The minimum absolute atomic E-state index is 0.0425. The van der Waals surface area contributed by atoms with Gasteiger partial charge in [0.1, 0.15) is 0 Å². The molecule has 20 heavy (non-hydrogen) atoms. The zero-order chi connectivity index (χ0) is 15.2. The lowest BCUT2D eigenvalue weighted by atomic mass is 9.64. The predicted molar refractivity (Wildman–Crippen MR) is 66.6 cm³/mol. The van der Waals surface area contributed by atoms with Crippen LogP contribution in [0.3, 0.4) is 0 Å². The number of halogens is 3. The lowest BCUT2D eigenvalue weighted by molar-refractivity contribution is -0.319. The van der Waals surface area contributed by atoms with Crippen molar-refractivity contribution >= 4 is 0 Å². The van der Waals surface area contributed by atoms with Gasteiger partial charge in [0.05, 0.1) is 6.10 Å². The van der Waals surface area contributed by atoms with Gasteiger partial charge in [-0.2, -0.15) is 13.2 Å². The molecule has 1 saturated carbocycles. The van der Waals surface area contributed by atoms with E-state index in [4.69, 9.17) is 4.74 Å². The van der Waals surface area contributed by atoms with E-state index in [-0.39, 0.29) is 11.8 Å². The van der Waals surface area contributed by atoms with E-state index in [1.165, 1.54) is 0 Å². The van der Waals surface area contributed by atoms with Gasteiger partial charge in [-0.3, -0.25) is 0 Å². The minimum Gasteiger partial charge on any atom is -0.368 e. The van der Waals surface area contributed by atoms with Crippen LogP contribution in [0.1, 0.15) is 33.6 Å². The van der Waals surface area contributed by atoms with Crippen molar-refractivity contribution in [1.82, 2.24) is 0 Å². The molecule has 6 heteroatoms. The van der Waals surface area contributed by atoms with Crippen molar-refractivity contribution in [3.63, 3.8) is 0 Å². The molecular weight excluding hydrogens is 273 g/mol. The summed E-state index contributed by atoms with van der Waals surface area (Å²) in [5.41, 5.74) is 0. The largest absolute Gasteiger partial charge is 0.415 e. The van der Waals surface area contributed by atoms with Gasteiger partial charge in [0.25, 0.3) is 0 Å². The number of ether oxygens (including phenoxy) is 1. The van der Waals surface area contributed by atoms with E-state index in [1.54, 1.807) is 6.92 Å². The Morgan fingerprint density at radius 3 is 2.20 bits per heavy atom. The summed E-state index contributed by atoms with van der Waals surface area (Å²) in [6, 6.07) is 0. The Balaban J connectivity index is 2.30. The summed E-state index contributed by atoms with van der Waals surface area (Å²) < 4.78 is 44.7. The molecule has 2 N–H and O–H groups in total. The van der Waals surface area contributed by atoms with Gasteiger partial charge in [-0.1, -0.05) is 20.8 Å². The first-order valence-electron chi connectivity index (χ1n) is 7.21. The highest BCUT2D eigenvalue weighted by Crippen LogP contribution is 2.50. The predicted octanol–water partition coefficient (Wildman–Crippen LogP) is 2.56. The van der Waals surface area contributed by atoms with Crippen molar-refractivity contribution in [2.75, 3.05) is 0 Å². The molecule has 7 atom stereocenters. The first kappa shape index (κ1) is 16.0. The van der Waals surface area contributed by atoms with E-state index in [0.29, 0.717) is 5.92 Å². The normalized spacial score (nSPS) is 46.4. The third kappa shape index (κ3) is 2.83. The van der Waals surface area contributed by atoms with E-state index in [9.17, 15) is 23.4 Å². The molecule has 3 nitrogen and oxygen atoms in total. The van der Waals surface area contributed by atoms with Crippen LogP contribution in [0.2, 0.25) is 0 Å². The molecule has 1 heterocycles. The molecule has 0 spiro atoms. The minimum atomic E-state index is -4.57. The summed E-state index contributed by atoms with van der Waals surface area (Å²) in [6.07, 6.45) is -7.48. The van der Waals surface area contributed by atoms with Crippen molar-refractivity contribution in [1.29, 1.82) is 0 Å². The third-order valence-electron chi connectivity index (χ3n) is 5.03. The molecule has 1 aliphatic heterocycles. The second-order valence-electron chi connectivity index (χ2n) is 6.63. The van der Waals surface area contributed by atoms with Crippen LogP contribution in [-0.4, -0.2) is 34.9 Å². The Bertz CT molecular complexity index is 345. The van der Waals surface area contributed by atoms with Crippen molar-refractivity contribution in [3.8, 4) is 0 Å². The van der Waals surface area contributed by atoms with Crippen LogP contribution in [0, 0.1) is 29.6 Å². The van der Waals surface area contributed by atoms with Gasteiger partial charge in [-0.15, -0.1) is 0 Å². The highest BCUT2D eigenvalue weighted by Gasteiger charge is 2.58. The van der Waals surface area contributed by atoms with Gasteiger partial charge < -0.3 is 14.9 Å². The monoisotopic (exact) mass is 296 g/mol. The summed E-state index contributed by atoms with van der Waals surface area (Å²) in [4.78, 5) is 0. The number of aliphatic hydroxyl groups excluding tert-OH is 1. The van der Waals surface area contributed by atoms with Crippen molar-refractivity contribution in [2.45, 2.75) is 58.3 Å². The zero-order valence-corrected chi connectivity index (χ0v) is 12.0. The fourth-order valence-electron chi connectivity index (χ4n) is 4.18. The SMILES string of the molecule is CC1CC(C)C2OC(C(F)(F)F)C(C(O)O)C(C)C2C1. The van der Waals surface area contributed by atoms with Gasteiger partial charge in [-0.25, -0.2) is 0 Å². The average Bonchev–Trinajstić information content (AvgIpc) is 2.27. The number of alkyl halides is 3. The molecular formula is C14H23F3O3. The third-order valence-corrected chi connectivity index (χ3v) is 5.03. The molecule has 1 aliphatic carbocycles. The van der Waals surface area contributed by atoms with Gasteiger partial charge >= 0.3 is 6.18 Å². The van der Waals surface area contributed by atoms with E-state index in [2.05, 4.69) is 6.92 Å². The Hall–Kier alpha value is -0.330. The summed E-state index contributed by atoms with van der Waals surface area (Å²) in [6.45, 7) is 5.69. The maximum Gasteiger partial charge on any atom is 0.415 e. The highest BCUT2D eigenvalue weighted by atomic mass is 19.4. The van der Waals surface area contributed by atoms with E-state index < -0.39 is 36.5 Å². The summed E-state index contributed by atoms with van der Waals surface area (Å²) in [5, 5.41) is 18.8. The molecule has 118 valence electrons. The Kier molecular flexibility index (Phi) is 4.38. The number of rotatable bonds is 1. The van der Waals surface area contributed by atoms with Crippen molar-refractivity contribution < 1.29 is 28.1 Å². The Labute approximate surface area is 117 Å². The molecule has 0 amide bonds. The van der Waals surface area contributed by atoms with Crippen LogP contribution in [0.5, 0.6) is 0 Å². The first-order valence-corrected chi connectivity index (χ1v) is 7.21. The highest BCUT2D eigenvalue weighted by molar-refractivity contribution is 4.97.